The van der Waals surface area contributed by atoms with Gasteiger partial charge in [-0.25, -0.2) is 18.1 Å². The van der Waals surface area contributed by atoms with E-state index in [9.17, 15) is 8.42 Å². The first-order valence-electron chi connectivity index (χ1n) is 6.64. The maximum atomic E-state index is 12.4. The lowest BCUT2D eigenvalue weighted by Gasteiger charge is -2.12. The molecule has 0 unspecified atom stereocenters. The molecule has 0 atom stereocenters. The van der Waals surface area contributed by atoms with E-state index in [1.54, 1.807) is 32.2 Å². The predicted octanol–water partition coefficient (Wildman–Crippen LogP) is 1.91. The van der Waals surface area contributed by atoms with E-state index in [1.165, 1.54) is 0 Å². The fourth-order valence-corrected chi connectivity index (χ4v) is 3.55. The molecule has 2 rings (SSSR count). The van der Waals surface area contributed by atoms with E-state index >= 15 is 0 Å². The lowest BCUT2D eigenvalue weighted by atomic mass is 10.1. The van der Waals surface area contributed by atoms with Crippen molar-refractivity contribution in [1.82, 2.24) is 9.71 Å². The average molecular weight is 309 g/mol. The molecule has 114 valence electrons. The summed E-state index contributed by atoms with van der Waals surface area (Å²) in [5.41, 5.74) is 7.44. The number of sulfonamides is 1. The van der Waals surface area contributed by atoms with Gasteiger partial charge in [0.25, 0.3) is 0 Å². The molecule has 0 aliphatic carbocycles. The van der Waals surface area contributed by atoms with Crippen LogP contribution in [0.5, 0.6) is 0 Å². The van der Waals surface area contributed by atoms with Gasteiger partial charge in [-0.3, -0.25) is 0 Å². The summed E-state index contributed by atoms with van der Waals surface area (Å²) in [4.78, 5) is 4.24. The molecule has 21 heavy (non-hydrogen) atoms. The molecule has 0 aliphatic heterocycles. The number of anilines is 1. The van der Waals surface area contributed by atoms with Crippen molar-refractivity contribution in [2.24, 2.45) is 0 Å². The summed E-state index contributed by atoms with van der Waals surface area (Å²) in [5, 5.41) is 0. The number of nitrogen functional groups attached to an aromatic ring is 1. The van der Waals surface area contributed by atoms with Crippen molar-refractivity contribution < 1.29 is 12.8 Å². The Bertz CT molecular complexity index is 751. The van der Waals surface area contributed by atoms with Crippen LogP contribution in [0.25, 0.3) is 0 Å². The largest absolute Gasteiger partial charge is 0.444 e. The van der Waals surface area contributed by atoms with Gasteiger partial charge < -0.3 is 10.2 Å². The van der Waals surface area contributed by atoms with E-state index in [0.29, 0.717) is 29.1 Å². The number of rotatable bonds is 5. The number of nitrogens with two attached hydrogens (primary N) is 1. The fourth-order valence-electron chi connectivity index (χ4n) is 2.08. The van der Waals surface area contributed by atoms with Gasteiger partial charge in [0, 0.05) is 12.1 Å². The Balaban J connectivity index is 2.25. The molecule has 3 N–H and O–H groups in total. The molecular formula is C14H19N3O3S. The van der Waals surface area contributed by atoms with Crippen molar-refractivity contribution in [3.05, 3.63) is 41.1 Å². The van der Waals surface area contributed by atoms with Crippen LogP contribution < -0.4 is 10.5 Å². The van der Waals surface area contributed by atoms with E-state index < -0.39 is 10.0 Å². The molecule has 7 heteroatoms. The molecule has 0 amide bonds. The third-order valence-corrected chi connectivity index (χ3v) is 4.97. The van der Waals surface area contributed by atoms with Gasteiger partial charge in [0.2, 0.25) is 15.9 Å². The highest BCUT2D eigenvalue weighted by Crippen LogP contribution is 2.24. The number of nitrogens with one attached hydrogen (secondary N) is 1. The molecule has 6 nitrogen and oxygen atoms in total. The van der Waals surface area contributed by atoms with Gasteiger partial charge in [0.1, 0.15) is 5.76 Å². The van der Waals surface area contributed by atoms with Crippen molar-refractivity contribution >= 4 is 15.7 Å². The summed E-state index contributed by atoms with van der Waals surface area (Å²) < 4.78 is 32.8. The molecular weight excluding hydrogens is 290 g/mol. The van der Waals surface area contributed by atoms with E-state index in [-0.39, 0.29) is 11.4 Å². The van der Waals surface area contributed by atoms with Crippen LogP contribution in [0.3, 0.4) is 0 Å². The highest BCUT2D eigenvalue weighted by Gasteiger charge is 2.21. The number of hydrogen-bond acceptors (Lipinski definition) is 5. The average Bonchev–Trinajstić information content (AvgIpc) is 2.89. The van der Waals surface area contributed by atoms with Crippen LogP contribution in [-0.2, 0) is 23.0 Å². The molecule has 0 saturated heterocycles. The molecule has 2 aromatic rings. The molecule has 0 bridgehead atoms. The number of aryl methyl sites for hydroxylation is 2. The Hall–Kier alpha value is -1.86. The second-order valence-corrected chi connectivity index (χ2v) is 6.53. The van der Waals surface area contributed by atoms with Crippen LogP contribution in [0, 0.1) is 13.8 Å². The van der Waals surface area contributed by atoms with Crippen LogP contribution in [0.2, 0.25) is 0 Å². The maximum absolute atomic E-state index is 12.4. The number of aromatic nitrogens is 1. The minimum Gasteiger partial charge on any atom is -0.444 e. The van der Waals surface area contributed by atoms with E-state index in [2.05, 4.69) is 9.71 Å². The minimum absolute atomic E-state index is 0.00993. The Morgan fingerprint density at radius 2 is 2.05 bits per heavy atom. The first-order valence-corrected chi connectivity index (χ1v) is 8.12. The first kappa shape index (κ1) is 15.5. The van der Waals surface area contributed by atoms with Gasteiger partial charge in [0.05, 0.1) is 17.6 Å². The van der Waals surface area contributed by atoms with Gasteiger partial charge >= 0.3 is 0 Å². The second kappa shape index (κ2) is 5.87. The molecule has 0 spiro atoms. The minimum atomic E-state index is -3.67. The Labute approximate surface area is 124 Å². The van der Waals surface area contributed by atoms with Crippen molar-refractivity contribution in [3.8, 4) is 0 Å². The highest BCUT2D eigenvalue weighted by atomic mass is 32.2. The van der Waals surface area contributed by atoms with Gasteiger partial charge in [-0.15, -0.1) is 0 Å². The molecule has 0 aliphatic rings. The van der Waals surface area contributed by atoms with Crippen LogP contribution in [0.1, 0.15) is 29.7 Å². The molecule has 1 aromatic heterocycles. The highest BCUT2D eigenvalue weighted by molar-refractivity contribution is 7.89. The number of benzene rings is 1. The third-order valence-electron chi connectivity index (χ3n) is 3.28. The number of nitrogens with zero attached hydrogens (tertiary/aromatic N) is 1. The van der Waals surface area contributed by atoms with Gasteiger partial charge in [0.15, 0.2) is 0 Å². The smallest absolute Gasteiger partial charge is 0.241 e. The third kappa shape index (κ3) is 3.25. The summed E-state index contributed by atoms with van der Waals surface area (Å²) in [6.07, 6.45) is 2.31. The van der Waals surface area contributed by atoms with Crippen LogP contribution in [0.15, 0.2) is 27.6 Å². The molecule has 0 fully saturated rings. The number of oxazole rings is 1. The zero-order valence-electron chi connectivity index (χ0n) is 12.3. The Kier molecular flexibility index (Phi) is 4.34. The lowest BCUT2D eigenvalue weighted by molar-refractivity contribution is 0.452. The quantitative estimate of drug-likeness (QED) is 0.822. The van der Waals surface area contributed by atoms with E-state index in [4.69, 9.17) is 10.2 Å². The Morgan fingerprint density at radius 1 is 1.33 bits per heavy atom. The van der Waals surface area contributed by atoms with Gasteiger partial charge in [-0.2, -0.15) is 0 Å². The Morgan fingerprint density at radius 3 is 2.67 bits per heavy atom. The zero-order valence-corrected chi connectivity index (χ0v) is 13.1. The summed E-state index contributed by atoms with van der Waals surface area (Å²) in [6.45, 7) is 5.38. The van der Waals surface area contributed by atoms with Crippen molar-refractivity contribution in [1.29, 1.82) is 0 Å². The maximum Gasteiger partial charge on any atom is 0.241 e. The SMILES string of the molecule is CCc1cnc(CNS(=O)(=O)c2c(C)ccc(N)c2C)o1. The van der Waals surface area contributed by atoms with Crippen molar-refractivity contribution in [2.75, 3.05) is 5.73 Å². The monoisotopic (exact) mass is 309 g/mol. The normalized spacial score (nSPS) is 11.8. The number of hydrogen-bond donors (Lipinski definition) is 2. The standard InChI is InChI=1S/C14H19N3O3S/c1-4-11-7-16-13(20-11)8-17-21(18,19)14-9(2)5-6-12(15)10(14)3/h5-7,17H,4,8,15H2,1-3H3. The molecule has 1 aromatic carbocycles. The van der Waals surface area contributed by atoms with Crippen molar-refractivity contribution in [3.63, 3.8) is 0 Å². The molecule has 0 radical (unpaired) electrons. The van der Waals surface area contributed by atoms with Crippen LogP contribution in [-0.4, -0.2) is 13.4 Å². The summed E-state index contributed by atoms with van der Waals surface area (Å²) in [5.74, 6) is 1.06. The van der Waals surface area contributed by atoms with Gasteiger partial charge in [-0.1, -0.05) is 13.0 Å². The summed E-state index contributed by atoms with van der Waals surface area (Å²) in [7, 11) is -3.67. The summed E-state index contributed by atoms with van der Waals surface area (Å²) in [6, 6.07) is 3.39. The molecule has 1 heterocycles. The first-order chi connectivity index (χ1) is 9.85. The topological polar surface area (TPSA) is 98.2 Å². The van der Waals surface area contributed by atoms with E-state index in [0.717, 1.165) is 5.76 Å². The summed E-state index contributed by atoms with van der Waals surface area (Å²) >= 11 is 0. The zero-order chi connectivity index (χ0) is 15.6. The lowest BCUT2D eigenvalue weighted by Crippen LogP contribution is -2.25. The van der Waals surface area contributed by atoms with Crippen molar-refractivity contribution in [2.45, 2.75) is 38.6 Å². The predicted molar refractivity (Wildman–Crippen MR) is 80.2 cm³/mol. The second-order valence-electron chi connectivity index (χ2n) is 4.82. The van der Waals surface area contributed by atoms with Crippen LogP contribution in [0.4, 0.5) is 5.69 Å². The molecule has 0 saturated carbocycles. The van der Waals surface area contributed by atoms with E-state index in [1.807, 2.05) is 6.92 Å². The van der Waals surface area contributed by atoms with Crippen LogP contribution >= 0.6 is 0 Å². The van der Waals surface area contributed by atoms with Gasteiger partial charge in [-0.05, 0) is 31.0 Å². The fraction of sp³-hybridized carbons (Fsp3) is 0.357.